The van der Waals surface area contributed by atoms with Crippen LogP contribution in [0.5, 0.6) is 0 Å². The first-order chi connectivity index (χ1) is 10.1. The summed E-state index contributed by atoms with van der Waals surface area (Å²) < 4.78 is 1.23. The molecule has 0 atom stereocenters. The van der Waals surface area contributed by atoms with Crippen LogP contribution >= 0.6 is 0 Å². The van der Waals surface area contributed by atoms with Gasteiger partial charge in [-0.05, 0) is 26.7 Å². The van der Waals surface area contributed by atoms with Crippen molar-refractivity contribution >= 4 is 11.6 Å². The minimum absolute atomic E-state index is 0.0175. The number of hydrogen-bond acceptors (Lipinski definition) is 4. The van der Waals surface area contributed by atoms with E-state index in [1.165, 1.54) is 23.6 Å². The zero-order chi connectivity index (χ0) is 15.2. The van der Waals surface area contributed by atoms with Gasteiger partial charge in [-0.25, -0.2) is 4.68 Å². The van der Waals surface area contributed by atoms with E-state index in [0.717, 1.165) is 25.9 Å². The molecule has 116 valence electrons. The Kier molecular flexibility index (Phi) is 5.36. The number of amides is 1. The summed E-state index contributed by atoms with van der Waals surface area (Å²) in [6.07, 6.45) is 6.04. The molecule has 0 spiro atoms. The highest BCUT2D eigenvalue weighted by molar-refractivity contribution is 5.75. The molecule has 1 N–H and O–H groups in total. The molecule has 0 unspecified atom stereocenters. The number of carbonyl (C=O) groups is 1. The monoisotopic (exact) mass is 292 g/mol. The van der Waals surface area contributed by atoms with E-state index in [1.807, 2.05) is 18.7 Å². The SMILES string of the molecule is CC(C)Nc1cnn(CC(=O)N2CCCCCC2)c(=O)c1. The first-order valence-electron chi connectivity index (χ1n) is 7.68. The van der Waals surface area contributed by atoms with Crippen LogP contribution in [0.15, 0.2) is 17.1 Å². The van der Waals surface area contributed by atoms with Crippen molar-refractivity contribution in [3.05, 3.63) is 22.6 Å². The summed E-state index contributed by atoms with van der Waals surface area (Å²) in [5, 5.41) is 7.21. The van der Waals surface area contributed by atoms with Crippen molar-refractivity contribution in [1.29, 1.82) is 0 Å². The smallest absolute Gasteiger partial charge is 0.269 e. The van der Waals surface area contributed by atoms with Crippen LogP contribution in [-0.4, -0.2) is 39.7 Å². The summed E-state index contributed by atoms with van der Waals surface area (Å²) in [6.45, 7) is 5.60. The van der Waals surface area contributed by atoms with Gasteiger partial charge in [0, 0.05) is 25.2 Å². The van der Waals surface area contributed by atoms with Gasteiger partial charge in [0.15, 0.2) is 0 Å². The highest BCUT2D eigenvalue weighted by atomic mass is 16.2. The Morgan fingerprint density at radius 3 is 2.52 bits per heavy atom. The van der Waals surface area contributed by atoms with Gasteiger partial charge in [-0.3, -0.25) is 9.59 Å². The summed E-state index contributed by atoms with van der Waals surface area (Å²) >= 11 is 0. The van der Waals surface area contributed by atoms with Crippen molar-refractivity contribution in [3.8, 4) is 0 Å². The lowest BCUT2D eigenvalue weighted by atomic mass is 10.2. The molecule has 6 heteroatoms. The largest absolute Gasteiger partial charge is 0.381 e. The Bertz CT molecular complexity index is 531. The van der Waals surface area contributed by atoms with Gasteiger partial charge in [-0.2, -0.15) is 5.10 Å². The number of nitrogens with zero attached hydrogens (tertiary/aromatic N) is 3. The third-order valence-corrected chi connectivity index (χ3v) is 3.57. The average Bonchev–Trinajstić information content (AvgIpc) is 2.70. The summed E-state index contributed by atoms with van der Waals surface area (Å²) in [4.78, 5) is 26.1. The summed E-state index contributed by atoms with van der Waals surface area (Å²) in [5.74, 6) is -0.0175. The molecule has 1 aromatic heterocycles. The fraction of sp³-hybridized carbons (Fsp3) is 0.667. The highest BCUT2D eigenvalue weighted by Gasteiger charge is 2.16. The van der Waals surface area contributed by atoms with Gasteiger partial charge in [0.1, 0.15) is 6.54 Å². The van der Waals surface area contributed by atoms with Gasteiger partial charge in [0.2, 0.25) is 5.91 Å². The number of anilines is 1. The molecule has 1 aromatic rings. The molecule has 2 heterocycles. The molecule has 1 aliphatic rings. The van der Waals surface area contributed by atoms with Gasteiger partial charge >= 0.3 is 0 Å². The van der Waals surface area contributed by atoms with Crippen LogP contribution in [0.2, 0.25) is 0 Å². The lowest BCUT2D eigenvalue weighted by molar-refractivity contribution is -0.132. The summed E-state index contributed by atoms with van der Waals surface area (Å²) in [6, 6.07) is 1.73. The van der Waals surface area contributed by atoms with Crippen LogP contribution < -0.4 is 10.9 Å². The summed E-state index contributed by atoms with van der Waals surface area (Å²) in [7, 11) is 0. The predicted molar refractivity (Wildman–Crippen MR) is 82.3 cm³/mol. The van der Waals surface area contributed by atoms with E-state index in [0.29, 0.717) is 5.69 Å². The third kappa shape index (κ3) is 4.58. The van der Waals surface area contributed by atoms with Crippen molar-refractivity contribution in [2.24, 2.45) is 0 Å². The zero-order valence-electron chi connectivity index (χ0n) is 12.8. The van der Waals surface area contributed by atoms with Gasteiger partial charge in [0.05, 0.1) is 11.9 Å². The second kappa shape index (κ2) is 7.24. The number of aromatic nitrogens is 2. The van der Waals surface area contributed by atoms with Crippen molar-refractivity contribution in [1.82, 2.24) is 14.7 Å². The van der Waals surface area contributed by atoms with Crippen LogP contribution in [0.3, 0.4) is 0 Å². The predicted octanol–water partition coefficient (Wildman–Crippen LogP) is 1.47. The van der Waals surface area contributed by atoms with E-state index in [9.17, 15) is 9.59 Å². The molecular weight excluding hydrogens is 268 g/mol. The minimum atomic E-state index is -0.246. The topological polar surface area (TPSA) is 67.2 Å². The van der Waals surface area contributed by atoms with Crippen molar-refractivity contribution in [2.75, 3.05) is 18.4 Å². The van der Waals surface area contributed by atoms with Crippen molar-refractivity contribution in [2.45, 2.75) is 52.1 Å². The molecular formula is C15H24N4O2. The molecule has 1 saturated heterocycles. The number of carbonyl (C=O) groups excluding carboxylic acids is 1. The van der Waals surface area contributed by atoms with E-state index in [4.69, 9.17) is 0 Å². The Labute approximate surface area is 125 Å². The van der Waals surface area contributed by atoms with Gasteiger partial charge in [0.25, 0.3) is 5.56 Å². The molecule has 0 aliphatic carbocycles. The molecule has 1 fully saturated rings. The van der Waals surface area contributed by atoms with Crippen LogP contribution in [0.25, 0.3) is 0 Å². The maximum Gasteiger partial charge on any atom is 0.269 e. The molecule has 21 heavy (non-hydrogen) atoms. The van der Waals surface area contributed by atoms with E-state index in [-0.39, 0.29) is 24.1 Å². The quantitative estimate of drug-likeness (QED) is 0.912. The van der Waals surface area contributed by atoms with Crippen LogP contribution in [0, 0.1) is 0 Å². The second-order valence-corrected chi connectivity index (χ2v) is 5.83. The average molecular weight is 292 g/mol. The van der Waals surface area contributed by atoms with Gasteiger partial charge < -0.3 is 10.2 Å². The standard InChI is InChI=1S/C15H24N4O2/c1-12(2)17-13-9-14(20)19(16-10-13)11-15(21)18-7-5-3-4-6-8-18/h9-10,12,17H,3-8,11H2,1-2H3. The minimum Gasteiger partial charge on any atom is -0.381 e. The maximum atomic E-state index is 12.2. The van der Waals surface area contributed by atoms with Gasteiger partial charge in [-0.1, -0.05) is 12.8 Å². The molecule has 0 saturated carbocycles. The fourth-order valence-corrected chi connectivity index (χ4v) is 2.51. The Hall–Kier alpha value is -1.85. The zero-order valence-corrected chi connectivity index (χ0v) is 12.8. The molecule has 2 rings (SSSR count). The molecule has 0 radical (unpaired) electrons. The van der Waals surface area contributed by atoms with Crippen LogP contribution in [-0.2, 0) is 11.3 Å². The Balaban J connectivity index is 2.01. The van der Waals surface area contributed by atoms with Crippen molar-refractivity contribution < 1.29 is 4.79 Å². The lowest BCUT2D eigenvalue weighted by Gasteiger charge is -2.20. The fourth-order valence-electron chi connectivity index (χ4n) is 2.51. The van der Waals surface area contributed by atoms with E-state index in [2.05, 4.69) is 10.4 Å². The number of hydrogen-bond donors (Lipinski definition) is 1. The lowest BCUT2D eigenvalue weighted by Crippen LogP contribution is -2.37. The summed E-state index contributed by atoms with van der Waals surface area (Å²) in [5.41, 5.74) is 0.442. The normalized spacial score (nSPS) is 15.9. The Morgan fingerprint density at radius 2 is 1.95 bits per heavy atom. The van der Waals surface area contributed by atoms with Crippen LogP contribution in [0.4, 0.5) is 5.69 Å². The van der Waals surface area contributed by atoms with E-state index in [1.54, 1.807) is 6.20 Å². The molecule has 1 amide bonds. The Morgan fingerprint density at radius 1 is 1.29 bits per heavy atom. The number of likely N-dealkylation sites (tertiary alicyclic amines) is 1. The number of rotatable bonds is 4. The van der Waals surface area contributed by atoms with E-state index >= 15 is 0 Å². The molecule has 0 bridgehead atoms. The first-order valence-corrected chi connectivity index (χ1v) is 7.68. The third-order valence-electron chi connectivity index (χ3n) is 3.57. The molecule has 0 aromatic carbocycles. The molecule has 6 nitrogen and oxygen atoms in total. The second-order valence-electron chi connectivity index (χ2n) is 5.83. The molecule has 1 aliphatic heterocycles. The van der Waals surface area contributed by atoms with Crippen molar-refractivity contribution in [3.63, 3.8) is 0 Å². The first kappa shape index (κ1) is 15.5. The van der Waals surface area contributed by atoms with E-state index < -0.39 is 0 Å². The number of nitrogens with one attached hydrogen (secondary N) is 1. The maximum absolute atomic E-state index is 12.2. The van der Waals surface area contributed by atoms with Gasteiger partial charge in [-0.15, -0.1) is 0 Å². The van der Waals surface area contributed by atoms with Crippen LogP contribution in [0.1, 0.15) is 39.5 Å². The highest BCUT2D eigenvalue weighted by Crippen LogP contribution is 2.10.